The van der Waals surface area contributed by atoms with Crippen LogP contribution in [0.2, 0.25) is 0 Å². The zero-order valence-corrected chi connectivity index (χ0v) is 15.9. The number of benzene rings is 2. The minimum atomic E-state index is 0.0102. The molecular formula is C23H28N2O2. The molecule has 2 aliphatic rings. The summed E-state index contributed by atoms with van der Waals surface area (Å²) < 4.78 is 5.23. The second kappa shape index (κ2) is 8.13. The zero-order chi connectivity index (χ0) is 18.6. The van der Waals surface area contributed by atoms with E-state index in [0.29, 0.717) is 17.6 Å². The van der Waals surface area contributed by atoms with Gasteiger partial charge in [0.2, 0.25) is 0 Å². The summed E-state index contributed by atoms with van der Waals surface area (Å²) in [5, 5.41) is 3.26. The first kappa shape index (κ1) is 18.1. The summed E-state index contributed by atoms with van der Waals surface area (Å²) in [4.78, 5) is 15.3. The number of piperidine rings is 1. The molecular weight excluding hydrogens is 336 g/mol. The third kappa shape index (κ3) is 4.16. The molecule has 2 bridgehead atoms. The Kier molecular flexibility index (Phi) is 5.44. The van der Waals surface area contributed by atoms with Crippen LogP contribution in [0, 0.1) is 0 Å². The van der Waals surface area contributed by atoms with Crippen LogP contribution in [0.1, 0.15) is 41.6 Å². The fraction of sp³-hybridized carbons (Fsp3) is 0.435. The highest BCUT2D eigenvalue weighted by atomic mass is 16.5. The Morgan fingerprint density at radius 3 is 2.52 bits per heavy atom. The van der Waals surface area contributed by atoms with E-state index in [4.69, 9.17) is 4.74 Å². The molecule has 2 atom stereocenters. The van der Waals surface area contributed by atoms with E-state index in [1.165, 1.54) is 18.4 Å². The summed E-state index contributed by atoms with van der Waals surface area (Å²) >= 11 is 0. The molecule has 1 amide bonds. The summed E-state index contributed by atoms with van der Waals surface area (Å²) in [5.74, 6) is 0.731. The van der Waals surface area contributed by atoms with Crippen molar-refractivity contribution < 1.29 is 9.53 Å². The summed E-state index contributed by atoms with van der Waals surface area (Å²) in [6.45, 7) is 1.12. The minimum Gasteiger partial charge on any atom is -0.497 e. The number of rotatable bonds is 6. The lowest BCUT2D eigenvalue weighted by Gasteiger charge is -2.39. The average molecular weight is 364 g/mol. The van der Waals surface area contributed by atoms with Gasteiger partial charge < -0.3 is 10.1 Å². The topological polar surface area (TPSA) is 41.6 Å². The molecule has 2 fully saturated rings. The highest BCUT2D eigenvalue weighted by Crippen LogP contribution is 2.35. The van der Waals surface area contributed by atoms with Gasteiger partial charge in [0.1, 0.15) is 5.75 Å². The molecule has 4 nitrogen and oxygen atoms in total. The molecule has 2 aliphatic heterocycles. The van der Waals surface area contributed by atoms with Gasteiger partial charge in [-0.1, -0.05) is 36.4 Å². The molecule has 1 N–H and O–H groups in total. The van der Waals surface area contributed by atoms with E-state index in [0.717, 1.165) is 31.6 Å². The Balaban J connectivity index is 1.33. The number of carbonyl (C=O) groups is 1. The molecule has 4 heteroatoms. The number of amides is 1. The summed E-state index contributed by atoms with van der Waals surface area (Å²) in [6, 6.07) is 19.6. The van der Waals surface area contributed by atoms with Crippen LogP contribution >= 0.6 is 0 Å². The van der Waals surface area contributed by atoms with Crippen LogP contribution < -0.4 is 10.1 Å². The SMILES string of the molecule is COc1cccc(C(=O)NC2CC3CCC(C2)N3CCc2ccccc2)c1. The van der Waals surface area contributed by atoms with E-state index < -0.39 is 0 Å². The predicted molar refractivity (Wildman–Crippen MR) is 107 cm³/mol. The number of ether oxygens (including phenoxy) is 1. The number of nitrogens with one attached hydrogen (secondary N) is 1. The van der Waals surface area contributed by atoms with Crippen molar-refractivity contribution in [3.05, 3.63) is 65.7 Å². The van der Waals surface area contributed by atoms with Crippen molar-refractivity contribution in [2.24, 2.45) is 0 Å². The molecule has 0 aliphatic carbocycles. The molecule has 2 unspecified atom stereocenters. The van der Waals surface area contributed by atoms with Crippen molar-refractivity contribution in [1.82, 2.24) is 10.2 Å². The highest BCUT2D eigenvalue weighted by Gasteiger charge is 2.40. The number of fused-ring (bicyclic) bond motifs is 2. The van der Waals surface area contributed by atoms with Crippen LogP contribution in [0.4, 0.5) is 0 Å². The standard InChI is InChI=1S/C23H28N2O2/c1-27-22-9-5-8-18(14-22)23(26)24-19-15-20-10-11-21(16-19)25(20)13-12-17-6-3-2-4-7-17/h2-9,14,19-21H,10-13,15-16H2,1H3,(H,24,26). The quantitative estimate of drug-likeness (QED) is 0.850. The molecule has 27 heavy (non-hydrogen) atoms. The van der Waals surface area contributed by atoms with Crippen LogP contribution in [0.5, 0.6) is 5.75 Å². The van der Waals surface area contributed by atoms with Crippen molar-refractivity contribution in [3.63, 3.8) is 0 Å². The van der Waals surface area contributed by atoms with Gasteiger partial charge in [-0.2, -0.15) is 0 Å². The first-order valence-electron chi connectivity index (χ1n) is 9.97. The second-order valence-electron chi connectivity index (χ2n) is 7.73. The molecule has 0 saturated carbocycles. The molecule has 2 aromatic carbocycles. The van der Waals surface area contributed by atoms with Crippen molar-refractivity contribution in [1.29, 1.82) is 0 Å². The number of methoxy groups -OCH3 is 1. The van der Waals surface area contributed by atoms with E-state index in [1.807, 2.05) is 18.2 Å². The Bertz CT molecular complexity index is 763. The van der Waals surface area contributed by atoms with Crippen LogP contribution in [0.25, 0.3) is 0 Å². The highest BCUT2D eigenvalue weighted by molar-refractivity contribution is 5.94. The lowest BCUT2D eigenvalue weighted by atomic mass is 9.96. The number of nitrogens with zero attached hydrogens (tertiary/aromatic N) is 1. The molecule has 2 saturated heterocycles. The van der Waals surface area contributed by atoms with Crippen molar-refractivity contribution in [2.45, 2.75) is 50.2 Å². The minimum absolute atomic E-state index is 0.0102. The molecule has 0 spiro atoms. The summed E-state index contributed by atoms with van der Waals surface area (Å²) in [7, 11) is 1.62. The van der Waals surface area contributed by atoms with Crippen LogP contribution in [0.3, 0.4) is 0 Å². The van der Waals surface area contributed by atoms with Crippen LogP contribution in [0.15, 0.2) is 54.6 Å². The first-order chi connectivity index (χ1) is 13.2. The van der Waals surface area contributed by atoms with Crippen molar-refractivity contribution in [3.8, 4) is 5.75 Å². The maximum absolute atomic E-state index is 12.6. The maximum atomic E-state index is 12.6. The molecule has 142 valence electrons. The maximum Gasteiger partial charge on any atom is 0.251 e. The average Bonchev–Trinajstić information content (AvgIpc) is 2.95. The van der Waals surface area contributed by atoms with Gasteiger partial charge in [0.25, 0.3) is 5.91 Å². The fourth-order valence-corrected chi connectivity index (χ4v) is 4.69. The summed E-state index contributed by atoms with van der Waals surface area (Å²) in [6.07, 6.45) is 5.73. The van der Waals surface area contributed by atoms with E-state index in [2.05, 4.69) is 40.5 Å². The van der Waals surface area contributed by atoms with Gasteiger partial charge in [-0.15, -0.1) is 0 Å². The molecule has 4 rings (SSSR count). The summed E-state index contributed by atoms with van der Waals surface area (Å²) in [5.41, 5.74) is 2.08. The third-order valence-corrected chi connectivity index (χ3v) is 6.05. The normalized spacial score (nSPS) is 24.6. The second-order valence-corrected chi connectivity index (χ2v) is 7.73. The van der Waals surface area contributed by atoms with E-state index in [-0.39, 0.29) is 11.9 Å². The number of hydrogen-bond acceptors (Lipinski definition) is 3. The van der Waals surface area contributed by atoms with Crippen molar-refractivity contribution in [2.75, 3.05) is 13.7 Å². The molecule has 2 heterocycles. The monoisotopic (exact) mass is 364 g/mol. The molecule has 2 aromatic rings. The van der Waals surface area contributed by atoms with Gasteiger partial charge in [-0.05, 0) is 55.9 Å². The van der Waals surface area contributed by atoms with E-state index >= 15 is 0 Å². The first-order valence-corrected chi connectivity index (χ1v) is 9.97. The molecule has 0 radical (unpaired) electrons. The van der Waals surface area contributed by atoms with Gasteiger partial charge in [0.15, 0.2) is 0 Å². The molecule has 0 aromatic heterocycles. The van der Waals surface area contributed by atoms with Gasteiger partial charge in [0.05, 0.1) is 7.11 Å². The van der Waals surface area contributed by atoms with Crippen molar-refractivity contribution >= 4 is 5.91 Å². The van der Waals surface area contributed by atoms with Gasteiger partial charge in [-0.25, -0.2) is 0 Å². The fourth-order valence-electron chi connectivity index (χ4n) is 4.69. The zero-order valence-electron chi connectivity index (χ0n) is 15.9. The third-order valence-electron chi connectivity index (χ3n) is 6.05. The largest absolute Gasteiger partial charge is 0.497 e. The lowest BCUT2D eigenvalue weighted by molar-refractivity contribution is 0.0848. The van der Waals surface area contributed by atoms with E-state index in [1.54, 1.807) is 13.2 Å². The smallest absolute Gasteiger partial charge is 0.251 e. The lowest BCUT2D eigenvalue weighted by Crippen LogP contribution is -2.50. The van der Waals surface area contributed by atoms with Gasteiger partial charge >= 0.3 is 0 Å². The Hall–Kier alpha value is -2.33. The van der Waals surface area contributed by atoms with Gasteiger partial charge in [0, 0.05) is 30.2 Å². The van der Waals surface area contributed by atoms with Crippen LogP contribution in [-0.2, 0) is 6.42 Å². The predicted octanol–water partition coefficient (Wildman–Crippen LogP) is 3.66. The van der Waals surface area contributed by atoms with Gasteiger partial charge in [-0.3, -0.25) is 9.69 Å². The number of hydrogen-bond donors (Lipinski definition) is 1. The Labute approximate surface area is 161 Å². The Morgan fingerprint density at radius 1 is 1.07 bits per heavy atom. The Morgan fingerprint density at radius 2 is 1.81 bits per heavy atom. The number of carbonyl (C=O) groups excluding carboxylic acids is 1. The van der Waals surface area contributed by atoms with Crippen LogP contribution in [-0.4, -0.2) is 42.6 Å². The van der Waals surface area contributed by atoms with E-state index in [9.17, 15) is 4.79 Å².